The molecule has 4 aromatic carbocycles. The highest BCUT2D eigenvalue weighted by atomic mass is 16.2. The van der Waals surface area contributed by atoms with Gasteiger partial charge in [0.15, 0.2) is 0 Å². The van der Waals surface area contributed by atoms with E-state index < -0.39 is 0 Å². The predicted octanol–water partition coefficient (Wildman–Crippen LogP) is 5.24. The number of fused-ring (bicyclic) bond motifs is 3. The zero-order valence-electron chi connectivity index (χ0n) is 15.0. The van der Waals surface area contributed by atoms with E-state index >= 15 is 0 Å². The summed E-state index contributed by atoms with van der Waals surface area (Å²) in [6.45, 7) is 0. The van der Waals surface area contributed by atoms with Gasteiger partial charge in [-0.3, -0.25) is 4.79 Å². The second-order valence-corrected chi connectivity index (χ2v) is 6.70. The van der Waals surface area contributed by atoms with Gasteiger partial charge in [-0.15, -0.1) is 0 Å². The molecule has 0 unspecified atom stereocenters. The number of H-pyrrole nitrogens is 1. The van der Waals surface area contributed by atoms with Crippen LogP contribution in [-0.2, 0) is 0 Å². The van der Waals surface area contributed by atoms with E-state index in [-0.39, 0.29) is 5.91 Å². The number of benzene rings is 4. The molecule has 0 saturated carbocycles. The number of hydrogen-bond acceptors (Lipinski definition) is 2. The summed E-state index contributed by atoms with van der Waals surface area (Å²) in [5.41, 5.74) is 5.04. The SMILES string of the molecule is O=C(N/N=C\c1c2ccccc2cc2ccccc12)c1cc2ccccc2[nH]1. The lowest BCUT2D eigenvalue weighted by Crippen LogP contribution is -2.17. The number of para-hydroxylation sites is 1. The molecule has 0 fully saturated rings. The van der Waals surface area contributed by atoms with Crippen LogP contribution in [0.4, 0.5) is 0 Å². The summed E-state index contributed by atoms with van der Waals surface area (Å²) in [4.78, 5) is 15.6. The smallest absolute Gasteiger partial charge is 0.287 e. The number of nitrogens with one attached hydrogen (secondary N) is 2. The van der Waals surface area contributed by atoms with Gasteiger partial charge in [0.2, 0.25) is 0 Å². The van der Waals surface area contributed by atoms with E-state index in [2.05, 4.69) is 45.8 Å². The summed E-state index contributed by atoms with van der Waals surface area (Å²) in [5.74, 6) is -0.267. The lowest BCUT2D eigenvalue weighted by molar-refractivity contribution is 0.0951. The number of hydrazone groups is 1. The van der Waals surface area contributed by atoms with Crippen LogP contribution in [0.25, 0.3) is 32.4 Å². The van der Waals surface area contributed by atoms with E-state index in [0.29, 0.717) is 5.69 Å². The first-order valence-corrected chi connectivity index (χ1v) is 9.11. The maximum absolute atomic E-state index is 12.5. The van der Waals surface area contributed by atoms with E-state index in [1.807, 2.05) is 54.6 Å². The molecule has 2 N–H and O–H groups in total. The molecule has 4 heteroatoms. The Morgan fingerprint density at radius 3 is 2.07 bits per heavy atom. The summed E-state index contributed by atoms with van der Waals surface area (Å²) >= 11 is 0. The van der Waals surface area contributed by atoms with Crippen molar-refractivity contribution in [3.63, 3.8) is 0 Å². The Labute approximate surface area is 161 Å². The van der Waals surface area contributed by atoms with Gasteiger partial charge in [-0.1, -0.05) is 66.7 Å². The summed E-state index contributed by atoms with van der Waals surface area (Å²) in [6.07, 6.45) is 1.73. The molecule has 0 aliphatic heterocycles. The third-order valence-electron chi connectivity index (χ3n) is 4.95. The number of hydrogen-bond donors (Lipinski definition) is 2. The second kappa shape index (κ2) is 6.67. The normalized spacial score (nSPS) is 11.6. The lowest BCUT2D eigenvalue weighted by Gasteiger charge is -2.07. The van der Waals surface area contributed by atoms with Gasteiger partial charge in [-0.05, 0) is 39.7 Å². The molecule has 5 rings (SSSR count). The molecule has 28 heavy (non-hydrogen) atoms. The topological polar surface area (TPSA) is 57.2 Å². The van der Waals surface area contributed by atoms with Gasteiger partial charge in [0, 0.05) is 16.5 Å². The Bertz CT molecular complexity index is 1280. The van der Waals surface area contributed by atoms with Gasteiger partial charge < -0.3 is 4.98 Å². The first-order chi connectivity index (χ1) is 13.8. The standard InChI is InChI=1S/C24H17N3O/c28-24(23-14-18-9-3-6-12-22(18)26-23)27-25-15-21-19-10-4-1-7-16(19)13-17-8-2-5-11-20(17)21/h1-15,26H,(H,27,28)/b25-15-. The molecule has 0 atom stereocenters. The van der Waals surface area contributed by atoms with Crippen LogP contribution < -0.4 is 5.43 Å². The molecule has 0 aliphatic rings. The lowest BCUT2D eigenvalue weighted by atomic mass is 9.97. The van der Waals surface area contributed by atoms with Crippen molar-refractivity contribution in [2.24, 2.45) is 5.10 Å². The molecule has 0 aliphatic carbocycles. The van der Waals surface area contributed by atoms with Gasteiger partial charge in [0.1, 0.15) is 5.69 Å². The Balaban J connectivity index is 1.50. The summed E-state index contributed by atoms with van der Waals surface area (Å²) in [5, 5.41) is 9.73. The van der Waals surface area contributed by atoms with E-state index in [1.165, 1.54) is 0 Å². The van der Waals surface area contributed by atoms with Gasteiger partial charge >= 0.3 is 0 Å². The highest BCUT2D eigenvalue weighted by Crippen LogP contribution is 2.27. The van der Waals surface area contributed by atoms with Crippen LogP contribution in [0.15, 0.2) is 90.0 Å². The highest BCUT2D eigenvalue weighted by molar-refractivity contribution is 6.13. The first kappa shape index (κ1) is 16.3. The molecular weight excluding hydrogens is 346 g/mol. The van der Waals surface area contributed by atoms with E-state index in [9.17, 15) is 4.79 Å². The summed E-state index contributed by atoms with van der Waals surface area (Å²) in [7, 11) is 0. The third kappa shape index (κ3) is 2.81. The van der Waals surface area contributed by atoms with Crippen LogP contribution in [0.3, 0.4) is 0 Å². The molecule has 1 amide bonds. The molecule has 1 heterocycles. The van der Waals surface area contributed by atoms with Crippen LogP contribution in [0, 0.1) is 0 Å². The number of nitrogens with zero attached hydrogens (tertiary/aromatic N) is 1. The van der Waals surface area contributed by atoms with Crippen molar-refractivity contribution in [3.8, 4) is 0 Å². The fraction of sp³-hybridized carbons (Fsp3) is 0. The summed E-state index contributed by atoms with van der Waals surface area (Å²) in [6, 6.07) is 28.2. The minimum absolute atomic E-state index is 0.267. The number of rotatable bonds is 3. The molecule has 134 valence electrons. The van der Waals surface area contributed by atoms with Crippen LogP contribution in [0.1, 0.15) is 16.1 Å². The van der Waals surface area contributed by atoms with E-state index in [1.54, 1.807) is 6.21 Å². The van der Waals surface area contributed by atoms with Gasteiger partial charge in [0.05, 0.1) is 6.21 Å². The van der Waals surface area contributed by atoms with E-state index in [4.69, 9.17) is 0 Å². The van der Waals surface area contributed by atoms with Gasteiger partial charge in [-0.25, -0.2) is 5.43 Å². The predicted molar refractivity (Wildman–Crippen MR) is 115 cm³/mol. The van der Waals surface area contributed by atoms with Crippen LogP contribution in [-0.4, -0.2) is 17.1 Å². The molecule has 5 aromatic rings. The maximum Gasteiger partial charge on any atom is 0.287 e. The zero-order chi connectivity index (χ0) is 18.9. The average Bonchev–Trinajstić information content (AvgIpc) is 3.17. The molecule has 1 aromatic heterocycles. The minimum Gasteiger partial charge on any atom is -0.350 e. The largest absolute Gasteiger partial charge is 0.350 e. The average molecular weight is 363 g/mol. The number of carbonyl (C=O) groups excluding carboxylic acids is 1. The van der Waals surface area contributed by atoms with E-state index in [0.717, 1.165) is 38.0 Å². The Hall–Kier alpha value is -3.92. The molecule has 4 nitrogen and oxygen atoms in total. The van der Waals surface area contributed by atoms with Gasteiger partial charge in [0.25, 0.3) is 5.91 Å². The first-order valence-electron chi connectivity index (χ1n) is 9.11. The highest BCUT2D eigenvalue weighted by Gasteiger charge is 2.09. The van der Waals surface area contributed by atoms with Gasteiger partial charge in [-0.2, -0.15) is 5.10 Å². The van der Waals surface area contributed by atoms with Crippen molar-refractivity contribution in [3.05, 3.63) is 96.2 Å². The Morgan fingerprint density at radius 2 is 1.39 bits per heavy atom. The monoisotopic (exact) mass is 363 g/mol. The maximum atomic E-state index is 12.5. The van der Waals surface area contributed by atoms with Crippen molar-refractivity contribution in [2.75, 3.05) is 0 Å². The number of amides is 1. The third-order valence-corrected chi connectivity index (χ3v) is 4.95. The quantitative estimate of drug-likeness (QED) is 0.257. The molecule has 0 bridgehead atoms. The zero-order valence-corrected chi connectivity index (χ0v) is 15.0. The number of carbonyl (C=O) groups is 1. The van der Waals surface area contributed by atoms with Crippen molar-refractivity contribution < 1.29 is 4.79 Å². The number of aromatic amines is 1. The van der Waals surface area contributed by atoms with Crippen molar-refractivity contribution in [2.45, 2.75) is 0 Å². The van der Waals surface area contributed by atoms with Crippen molar-refractivity contribution in [1.82, 2.24) is 10.4 Å². The number of aromatic nitrogens is 1. The van der Waals surface area contributed by atoms with Crippen LogP contribution in [0.5, 0.6) is 0 Å². The minimum atomic E-state index is -0.267. The molecule has 0 saturated heterocycles. The van der Waals surface area contributed by atoms with Crippen molar-refractivity contribution in [1.29, 1.82) is 0 Å². The Kier molecular flexibility index (Phi) is 3.87. The second-order valence-electron chi connectivity index (χ2n) is 6.70. The van der Waals surface area contributed by atoms with Crippen molar-refractivity contribution >= 4 is 44.6 Å². The molecule has 0 radical (unpaired) electrons. The Morgan fingerprint density at radius 1 is 0.786 bits per heavy atom. The van der Waals surface area contributed by atoms with Crippen LogP contribution in [0.2, 0.25) is 0 Å². The molecule has 0 spiro atoms. The summed E-state index contributed by atoms with van der Waals surface area (Å²) < 4.78 is 0. The fourth-order valence-corrected chi connectivity index (χ4v) is 3.60. The molecular formula is C24H17N3O. The van der Waals surface area contributed by atoms with Crippen LogP contribution >= 0.6 is 0 Å². The fourth-order valence-electron chi connectivity index (χ4n) is 3.60.